The lowest BCUT2D eigenvalue weighted by Gasteiger charge is -2.29. The molecule has 1 atom stereocenters. The van der Waals surface area contributed by atoms with Crippen molar-refractivity contribution in [1.82, 2.24) is 20.0 Å². The zero-order valence-corrected chi connectivity index (χ0v) is 10.4. The highest BCUT2D eigenvalue weighted by Crippen LogP contribution is 2.28. The maximum Gasteiger partial charge on any atom is 0.435 e. The molecule has 0 spiro atoms. The van der Waals surface area contributed by atoms with Crippen LogP contribution in [0.15, 0.2) is 12.3 Å². The first-order chi connectivity index (χ1) is 8.89. The van der Waals surface area contributed by atoms with Gasteiger partial charge in [-0.05, 0) is 13.0 Å². The van der Waals surface area contributed by atoms with Crippen LogP contribution in [0.5, 0.6) is 0 Å². The van der Waals surface area contributed by atoms with Gasteiger partial charge in [0.2, 0.25) is 5.91 Å². The number of alkyl halides is 3. The van der Waals surface area contributed by atoms with Gasteiger partial charge >= 0.3 is 6.18 Å². The van der Waals surface area contributed by atoms with Crippen LogP contribution in [0.3, 0.4) is 0 Å². The fraction of sp³-hybridized carbons (Fsp3) is 0.636. The molecule has 1 amide bonds. The van der Waals surface area contributed by atoms with Gasteiger partial charge in [0.25, 0.3) is 0 Å². The van der Waals surface area contributed by atoms with Gasteiger partial charge in [-0.25, -0.2) is 0 Å². The molecule has 1 saturated heterocycles. The monoisotopic (exact) mass is 276 g/mol. The Morgan fingerprint density at radius 2 is 2.05 bits per heavy atom. The van der Waals surface area contributed by atoms with E-state index in [4.69, 9.17) is 0 Å². The number of hydrogen-bond donors (Lipinski definition) is 1. The van der Waals surface area contributed by atoms with Gasteiger partial charge < -0.3 is 10.2 Å². The van der Waals surface area contributed by atoms with Crippen LogP contribution in [0.1, 0.15) is 18.7 Å². The summed E-state index contributed by atoms with van der Waals surface area (Å²) >= 11 is 0. The number of halogens is 3. The summed E-state index contributed by atoms with van der Waals surface area (Å²) in [5.41, 5.74) is -0.979. The van der Waals surface area contributed by atoms with Gasteiger partial charge in [0.15, 0.2) is 5.69 Å². The Kier molecular flexibility index (Phi) is 3.79. The van der Waals surface area contributed by atoms with Crippen molar-refractivity contribution in [3.05, 3.63) is 18.0 Å². The average Bonchev–Trinajstić information content (AvgIpc) is 2.87. The first kappa shape index (κ1) is 13.9. The molecule has 1 aliphatic rings. The van der Waals surface area contributed by atoms with E-state index in [0.717, 1.165) is 10.7 Å². The number of piperazine rings is 1. The second kappa shape index (κ2) is 5.20. The van der Waals surface area contributed by atoms with E-state index >= 15 is 0 Å². The number of rotatable bonds is 2. The van der Waals surface area contributed by atoms with Gasteiger partial charge in [0.05, 0.1) is 0 Å². The van der Waals surface area contributed by atoms with Crippen molar-refractivity contribution in [3.63, 3.8) is 0 Å². The predicted molar refractivity (Wildman–Crippen MR) is 61.4 cm³/mol. The smallest absolute Gasteiger partial charge is 0.338 e. The number of hydrogen-bond acceptors (Lipinski definition) is 3. The van der Waals surface area contributed by atoms with Gasteiger partial charge in [-0.3, -0.25) is 9.48 Å². The number of nitrogens with zero attached hydrogens (tertiary/aromatic N) is 3. The first-order valence-corrected chi connectivity index (χ1v) is 6.01. The normalized spacial score (nSPS) is 18.4. The SMILES string of the molecule is CC(C(=O)N1CCNCC1)n1ccc(C(F)(F)F)n1. The molecule has 1 aliphatic heterocycles. The number of amides is 1. The standard InChI is InChI=1S/C11H15F3N4O/c1-8(10(19)17-6-3-15-4-7-17)18-5-2-9(16-18)11(12,13)14/h2,5,8,15H,3-4,6-7H2,1H3. The van der Waals surface area contributed by atoms with Crippen LogP contribution in [-0.2, 0) is 11.0 Å². The van der Waals surface area contributed by atoms with E-state index in [-0.39, 0.29) is 5.91 Å². The number of carbonyl (C=O) groups is 1. The Morgan fingerprint density at radius 1 is 1.42 bits per heavy atom. The lowest BCUT2D eigenvalue weighted by molar-refractivity contribution is -0.142. The summed E-state index contributed by atoms with van der Waals surface area (Å²) < 4.78 is 38.4. The van der Waals surface area contributed by atoms with Crippen molar-refractivity contribution in [3.8, 4) is 0 Å². The van der Waals surface area contributed by atoms with Gasteiger partial charge in [-0.1, -0.05) is 0 Å². The van der Waals surface area contributed by atoms with E-state index in [9.17, 15) is 18.0 Å². The molecule has 0 aromatic carbocycles. The lowest BCUT2D eigenvalue weighted by atomic mass is 10.2. The Labute approximate surface area is 108 Å². The Bertz CT molecular complexity index is 451. The quantitative estimate of drug-likeness (QED) is 0.873. The van der Waals surface area contributed by atoms with E-state index in [2.05, 4.69) is 10.4 Å². The van der Waals surface area contributed by atoms with Crippen LogP contribution < -0.4 is 5.32 Å². The van der Waals surface area contributed by atoms with Crippen LogP contribution in [-0.4, -0.2) is 46.8 Å². The van der Waals surface area contributed by atoms with E-state index in [1.807, 2.05) is 0 Å². The molecule has 1 fully saturated rings. The Balaban J connectivity index is 2.08. The second-order valence-corrected chi connectivity index (χ2v) is 4.43. The fourth-order valence-corrected chi connectivity index (χ4v) is 1.97. The van der Waals surface area contributed by atoms with Crippen LogP contribution in [0, 0.1) is 0 Å². The van der Waals surface area contributed by atoms with E-state index in [1.54, 1.807) is 11.8 Å². The molecule has 0 radical (unpaired) electrons. The highest BCUT2D eigenvalue weighted by atomic mass is 19.4. The van der Waals surface area contributed by atoms with Crippen LogP contribution in [0.25, 0.3) is 0 Å². The average molecular weight is 276 g/mol. The summed E-state index contributed by atoms with van der Waals surface area (Å²) in [5, 5.41) is 6.53. The van der Waals surface area contributed by atoms with E-state index < -0.39 is 17.9 Å². The summed E-state index contributed by atoms with van der Waals surface area (Å²) in [5.74, 6) is -0.210. The summed E-state index contributed by atoms with van der Waals surface area (Å²) in [6.07, 6.45) is -3.29. The van der Waals surface area contributed by atoms with Crippen LogP contribution in [0.2, 0.25) is 0 Å². The van der Waals surface area contributed by atoms with Gasteiger partial charge in [0, 0.05) is 32.4 Å². The largest absolute Gasteiger partial charge is 0.435 e. The van der Waals surface area contributed by atoms with Crippen LogP contribution >= 0.6 is 0 Å². The lowest BCUT2D eigenvalue weighted by Crippen LogP contribution is -2.48. The number of nitrogens with one attached hydrogen (secondary N) is 1. The molecule has 1 aromatic rings. The summed E-state index contributed by atoms with van der Waals surface area (Å²) in [6, 6.07) is 0.149. The third-order valence-corrected chi connectivity index (χ3v) is 3.08. The molecule has 0 bridgehead atoms. The van der Waals surface area contributed by atoms with Gasteiger partial charge in [-0.2, -0.15) is 18.3 Å². The molecule has 1 aromatic heterocycles. The summed E-state index contributed by atoms with van der Waals surface area (Å²) in [6.45, 7) is 4.08. The highest BCUT2D eigenvalue weighted by Gasteiger charge is 2.34. The molecule has 1 N–H and O–H groups in total. The van der Waals surface area contributed by atoms with E-state index in [0.29, 0.717) is 26.2 Å². The minimum Gasteiger partial charge on any atom is -0.338 e. The summed E-state index contributed by atoms with van der Waals surface area (Å²) in [4.78, 5) is 13.7. The van der Waals surface area contributed by atoms with Crippen molar-refractivity contribution < 1.29 is 18.0 Å². The third kappa shape index (κ3) is 3.06. The maximum atomic E-state index is 12.4. The molecular weight excluding hydrogens is 261 g/mol. The zero-order chi connectivity index (χ0) is 14.0. The first-order valence-electron chi connectivity index (χ1n) is 6.01. The zero-order valence-electron chi connectivity index (χ0n) is 10.4. The predicted octanol–water partition coefficient (Wildman–Crippen LogP) is 0.895. The molecule has 0 saturated carbocycles. The minimum atomic E-state index is -4.48. The summed E-state index contributed by atoms with van der Waals surface area (Å²) in [7, 11) is 0. The minimum absolute atomic E-state index is 0.210. The number of aromatic nitrogens is 2. The molecule has 106 valence electrons. The fourth-order valence-electron chi connectivity index (χ4n) is 1.97. The molecule has 0 aliphatic carbocycles. The molecule has 8 heteroatoms. The molecule has 19 heavy (non-hydrogen) atoms. The Morgan fingerprint density at radius 3 is 2.58 bits per heavy atom. The topological polar surface area (TPSA) is 50.2 Å². The van der Waals surface area contributed by atoms with Gasteiger partial charge in [0.1, 0.15) is 6.04 Å². The molecule has 5 nitrogen and oxygen atoms in total. The molecular formula is C11H15F3N4O. The van der Waals surface area contributed by atoms with Gasteiger partial charge in [-0.15, -0.1) is 0 Å². The van der Waals surface area contributed by atoms with Crippen molar-refractivity contribution >= 4 is 5.91 Å². The third-order valence-electron chi connectivity index (χ3n) is 3.08. The maximum absolute atomic E-state index is 12.4. The van der Waals surface area contributed by atoms with Crippen molar-refractivity contribution in [1.29, 1.82) is 0 Å². The van der Waals surface area contributed by atoms with Crippen molar-refractivity contribution in [2.45, 2.75) is 19.1 Å². The number of carbonyl (C=O) groups excluding carboxylic acids is 1. The highest BCUT2D eigenvalue weighted by molar-refractivity contribution is 5.80. The molecule has 2 heterocycles. The molecule has 2 rings (SSSR count). The van der Waals surface area contributed by atoms with Crippen molar-refractivity contribution in [2.24, 2.45) is 0 Å². The van der Waals surface area contributed by atoms with Crippen molar-refractivity contribution in [2.75, 3.05) is 26.2 Å². The second-order valence-electron chi connectivity index (χ2n) is 4.43. The van der Waals surface area contributed by atoms with Crippen LogP contribution in [0.4, 0.5) is 13.2 Å². The Hall–Kier alpha value is -1.57. The molecule has 1 unspecified atom stereocenters. The van der Waals surface area contributed by atoms with E-state index in [1.165, 1.54) is 6.20 Å².